The first-order chi connectivity index (χ1) is 7.13. The van der Waals surface area contributed by atoms with Crippen LogP contribution in [0.25, 0.3) is 0 Å². The van der Waals surface area contributed by atoms with Crippen molar-refractivity contribution in [3.8, 4) is 5.88 Å². The fourth-order valence-corrected chi connectivity index (χ4v) is 1.16. The maximum Gasteiger partial charge on any atom is 0.218 e. The standard InChI is InChI=1S/C10H18N4O/c1-8(11)4-5-14(2)9-6-10(15-3)13-7-12-9/h6-8H,4-5,11H2,1-3H3. The Hall–Kier alpha value is -1.36. The lowest BCUT2D eigenvalue weighted by molar-refractivity contribution is 0.397. The zero-order chi connectivity index (χ0) is 11.3. The molecule has 1 atom stereocenters. The van der Waals surface area contributed by atoms with E-state index in [-0.39, 0.29) is 6.04 Å². The molecule has 0 spiro atoms. The summed E-state index contributed by atoms with van der Waals surface area (Å²) >= 11 is 0. The van der Waals surface area contributed by atoms with Crippen LogP contribution in [0.4, 0.5) is 5.82 Å². The molecule has 5 nitrogen and oxygen atoms in total. The summed E-state index contributed by atoms with van der Waals surface area (Å²) in [5, 5.41) is 0. The Kier molecular flexibility index (Phi) is 4.30. The highest BCUT2D eigenvalue weighted by Crippen LogP contribution is 2.13. The molecule has 84 valence electrons. The zero-order valence-corrected chi connectivity index (χ0v) is 9.47. The maximum atomic E-state index is 5.69. The molecule has 0 fully saturated rings. The third-order valence-corrected chi connectivity index (χ3v) is 2.15. The van der Waals surface area contributed by atoms with Crippen LogP contribution in [0.2, 0.25) is 0 Å². The van der Waals surface area contributed by atoms with Crippen molar-refractivity contribution < 1.29 is 4.74 Å². The van der Waals surface area contributed by atoms with E-state index in [0.717, 1.165) is 18.8 Å². The molecule has 0 bridgehead atoms. The van der Waals surface area contributed by atoms with Gasteiger partial charge < -0.3 is 15.4 Å². The van der Waals surface area contributed by atoms with Gasteiger partial charge in [-0.15, -0.1) is 0 Å². The van der Waals surface area contributed by atoms with Crippen LogP contribution in [-0.2, 0) is 0 Å². The fourth-order valence-electron chi connectivity index (χ4n) is 1.16. The van der Waals surface area contributed by atoms with Gasteiger partial charge in [0.05, 0.1) is 7.11 Å². The normalized spacial score (nSPS) is 12.3. The van der Waals surface area contributed by atoms with Gasteiger partial charge in [-0.1, -0.05) is 0 Å². The summed E-state index contributed by atoms with van der Waals surface area (Å²) in [7, 11) is 3.57. The first kappa shape index (κ1) is 11.7. The smallest absolute Gasteiger partial charge is 0.218 e. The molecule has 1 aromatic rings. The zero-order valence-electron chi connectivity index (χ0n) is 9.47. The summed E-state index contributed by atoms with van der Waals surface area (Å²) in [6.45, 7) is 2.87. The second-order valence-corrected chi connectivity index (χ2v) is 3.61. The first-order valence-electron chi connectivity index (χ1n) is 4.96. The van der Waals surface area contributed by atoms with Crippen LogP contribution in [-0.4, -0.2) is 36.7 Å². The number of hydrogen-bond donors (Lipinski definition) is 1. The molecule has 0 aliphatic heterocycles. The molecule has 0 amide bonds. The number of aromatic nitrogens is 2. The molecule has 1 unspecified atom stereocenters. The molecule has 0 aliphatic carbocycles. The van der Waals surface area contributed by atoms with Gasteiger partial charge in [0.1, 0.15) is 12.1 Å². The fraction of sp³-hybridized carbons (Fsp3) is 0.600. The van der Waals surface area contributed by atoms with Gasteiger partial charge in [0, 0.05) is 25.7 Å². The summed E-state index contributed by atoms with van der Waals surface area (Å²) in [5.41, 5.74) is 5.69. The van der Waals surface area contributed by atoms with E-state index in [2.05, 4.69) is 9.97 Å². The van der Waals surface area contributed by atoms with E-state index in [9.17, 15) is 0 Å². The van der Waals surface area contributed by atoms with Gasteiger partial charge in [-0.25, -0.2) is 9.97 Å². The minimum absolute atomic E-state index is 0.205. The van der Waals surface area contributed by atoms with E-state index < -0.39 is 0 Å². The highest BCUT2D eigenvalue weighted by molar-refractivity contribution is 5.39. The van der Waals surface area contributed by atoms with E-state index in [1.165, 1.54) is 6.33 Å². The van der Waals surface area contributed by atoms with Gasteiger partial charge in [-0.05, 0) is 13.3 Å². The molecular weight excluding hydrogens is 192 g/mol. The number of hydrogen-bond acceptors (Lipinski definition) is 5. The predicted molar refractivity (Wildman–Crippen MR) is 60.1 cm³/mol. The van der Waals surface area contributed by atoms with Crippen molar-refractivity contribution in [1.29, 1.82) is 0 Å². The molecule has 0 saturated heterocycles. The third kappa shape index (κ3) is 3.71. The molecule has 0 saturated carbocycles. The lowest BCUT2D eigenvalue weighted by Gasteiger charge is -2.19. The quantitative estimate of drug-likeness (QED) is 0.773. The second-order valence-electron chi connectivity index (χ2n) is 3.61. The van der Waals surface area contributed by atoms with Gasteiger partial charge >= 0.3 is 0 Å². The molecule has 0 radical (unpaired) electrons. The van der Waals surface area contributed by atoms with Gasteiger partial charge in [0.15, 0.2) is 0 Å². The molecule has 1 heterocycles. The highest BCUT2D eigenvalue weighted by Gasteiger charge is 2.05. The average Bonchev–Trinajstić information content (AvgIpc) is 2.26. The SMILES string of the molecule is COc1cc(N(C)CCC(C)N)ncn1. The number of ether oxygens (including phenoxy) is 1. The van der Waals surface area contributed by atoms with E-state index >= 15 is 0 Å². The van der Waals surface area contributed by atoms with Gasteiger partial charge in [0.2, 0.25) is 5.88 Å². The van der Waals surface area contributed by atoms with Crippen LogP contribution < -0.4 is 15.4 Å². The molecule has 0 aromatic carbocycles. The van der Waals surface area contributed by atoms with E-state index in [1.54, 1.807) is 13.2 Å². The van der Waals surface area contributed by atoms with Crippen molar-refractivity contribution in [2.75, 3.05) is 25.6 Å². The Labute approximate surface area is 90.3 Å². The topological polar surface area (TPSA) is 64.3 Å². The lowest BCUT2D eigenvalue weighted by Crippen LogP contribution is -2.26. The van der Waals surface area contributed by atoms with Crippen LogP contribution in [0.1, 0.15) is 13.3 Å². The number of nitrogens with two attached hydrogens (primary N) is 1. The van der Waals surface area contributed by atoms with E-state index in [1.807, 2.05) is 18.9 Å². The van der Waals surface area contributed by atoms with Gasteiger partial charge in [0.25, 0.3) is 0 Å². The monoisotopic (exact) mass is 210 g/mol. The van der Waals surface area contributed by atoms with Crippen LogP contribution in [0.3, 0.4) is 0 Å². The minimum atomic E-state index is 0.205. The number of methoxy groups -OCH3 is 1. The first-order valence-corrected chi connectivity index (χ1v) is 4.96. The van der Waals surface area contributed by atoms with Crippen molar-refractivity contribution in [2.24, 2.45) is 5.73 Å². The summed E-state index contributed by atoms with van der Waals surface area (Å²) in [4.78, 5) is 10.1. The molecule has 2 N–H and O–H groups in total. The van der Waals surface area contributed by atoms with Crippen LogP contribution >= 0.6 is 0 Å². The average molecular weight is 210 g/mol. The number of rotatable bonds is 5. The predicted octanol–water partition coefficient (Wildman–Crippen LogP) is 0.659. The third-order valence-electron chi connectivity index (χ3n) is 2.15. The largest absolute Gasteiger partial charge is 0.481 e. The molecular formula is C10H18N4O. The number of anilines is 1. The second kappa shape index (κ2) is 5.50. The lowest BCUT2D eigenvalue weighted by atomic mass is 10.2. The summed E-state index contributed by atoms with van der Waals surface area (Å²) < 4.78 is 5.03. The van der Waals surface area contributed by atoms with Crippen LogP contribution in [0, 0.1) is 0 Å². The molecule has 15 heavy (non-hydrogen) atoms. The van der Waals surface area contributed by atoms with E-state index in [0.29, 0.717) is 5.88 Å². The summed E-state index contributed by atoms with van der Waals surface area (Å²) in [6, 6.07) is 2.01. The number of nitrogens with zero attached hydrogens (tertiary/aromatic N) is 3. The maximum absolute atomic E-state index is 5.69. The summed E-state index contributed by atoms with van der Waals surface area (Å²) in [5.74, 6) is 1.43. The van der Waals surface area contributed by atoms with Crippen molar-refractivity contribution in [1.82, 2.24) is 9.97 Å². The van der Waals surface area contributed by atoms with E-state index in [4.69, 9.17) is 10.5 Å². The van der Waals surface area contributed by atoms with Crippen molar-refractivity contribution in [3.63, 3.8) is 0 Å². The Morgan fingerprint density at radius 1 is 1.53 bits per heavy atom. The van der Waals surface area contributed by atoms with Crippen molar-refractivity contribution >= 4 is 5.82 Å². The van der Waals surface area contributed by atoms with Crippen molar-refractivity contribution in [3.05, 3.63) is 12.4 Å². The van der Waals surface area contributed by atoms with Gasteiger partial charge in [-0.3, -0.25) is 0 Å². The van der Waals surface area contributed by atoms with Gasteiger partial charge in [-0.2, -0.15) is 0 Å². The summed E-state index contributed by atoms with van der Waals surface area (Å²) in [6.07, 6.45) is 2.43. The molecule has 1 aromatic heterocycles. The Morgan fingerprint density at radius 2 is 2.27 bits per heavy atom. The minimum Gasteiger partial charge on any atom is -0.481 e. The molecule has 0 aliphatic rings. The Bertz CT molecular complexity index is 303. The Morgan fingerprint density at radius 3 is 2.87 bits per heavy atom. The highest BCUT2D eigenvalue weighted by atomic mass is 16.5. The molecule has 5 heteroatoms. The Balaban J connectivity index is 2.60. The molecule has 1 rings (SSSR count). The van der Waals surface area contributed by atoms with Crippen molar-refractivity contribution in [2.45, 2.75) is 19.4 Å². The van der Waals surface area contributed by atoms with Crippen LogP contribution in [0.5, 0.6) is 5.88 Å². The van der Waals surface area contributed by atoms with Crippen LogP contribution in [0.15, 0.2) is 12.4 Å².